The first-order valence-electron chi connectivity index (χ1n) is 9.64. The average Bonchev–Trinajstić information content (AvgIpc) is 3.31. The number of oxime groups is 1. The third-order valence-corrected chi connectivity index (χ3v) is 6.38. The number of aromatic nitrogens is 1. The summed E-state index contributed by atoms with van der Waals surface area (Å²) < 4.78 is 9.86. The highest BCUT2D eigenvalue weighted by molar-refractivity contribution is 8.00. The normalized spacial score (nSPS) is 20.9. The molecule has 0 aromatic carbocycles. The summed E-state index contributed by atoms with van der Waals surface area (Å²) >= 11 is 2.23. The van der Waals surface area contributed by atoms with Gasteiger partial charge in [0, 0.05) is 16.7 Å². The second-order valence-corrected chi connectivity index (χ2v) is 8.72. The molecular formula is C18H21N5O8S2. The van der Waals surface area contributed by atoms with E-state index in [1.807, 2.05) is 0 Å². The number of carbonyl (C=O) groups is 4. The van der Waals surface area contributed by atoms with E-state index in [0.717, 1.165) is 16.9 Å². The Bertz CT molecular complexity index is 1020. The van der Waals surface area contributed by atoms with E-state index in [1.54, 1.807) is 13.8 Å². The van der Waals surface area contributed by atoms with Gasteiger partial charge < -0.3 is 35.8 Å². The van der Waals surface area contributed by atoms with E-state index in [4.69, 9.17) is 20.0 Å². The molecule has 3 heterocycles. The van der Waals surface area contributed by atoms with Crippen molar-refractivity contribution in [3.8, 4) is 0 Å². The van der Waals surface area contributed by atoms with Crippen molar-refractivity contribution in [2.24, 2.45) is 5.16 Å². The first kappa shape index (κ1) is 24.3. The molecular weight excluding hydrogens is 478 g/mol. The number of thiazole rings is 1. The number of carboxylic acids is 1. The van der Waals surface area contributed by atoms with E-state index >= 15 is 0 Å². The highest BCUT2D eigenvalue weighted by atomic mass is 32.2. The number of ether oxygens (including phenoxy) is 2. The molecule has 1 amide bonds. The SMILES string of the molecule is CCOC(=O)CO/N=C(\C(=O)NC(C(=O)O)[C@@H]1NC2=C(CS1)C(C)OC2=O)c1csc(N)n1. The zero-order chi connectivity index (χ0) is 24.1. The maximum absolute atomic E-state index is 12.9. The maximum Gasteiger partial charge on any atom is 0.355 e. The number of thioether (sulfide) groups is 1. The quantitative estimate of drug-likeness (QED) is 0.193. The fourth-order valence-electron chi connectivity index (χ4n) is 2.94. The van der Waals surface area contributed by atoms with Crippen molar-refractivity contribution in [2.45, 2.75) is 31.4 Å². The minimum absolute atomic E-state index is 0.0328. The van der Waals surface area contributed by atoms with Crippen molar-refractivity contribution in [2.75, 3.05) is 24.7 Å². The van der Waals surface area contributed by atoms with Crippen molar-refractivity contribution in [1.82, 2.24) is 15.6 Å². The van der Waals surface area contributed by atoms with Crippen LogP contribution in [0.4, 0.5) is 5.13 Å². The zero-order valence-electron chi connectivity index (χ0n) is 17.5. The summed E-state index contributed by atoms with van der Waals surface area (Å²) in [5, 5.41) is 19.3. The number of hydrogen-bond donors (Lipinski definition) is 4. The topological polar surface area (TPSA) is 192 Å². The van der Waals surface area contributed by atoms with Crippen molar-refractivity contribution < 1.29 is 38.6 Å². The Morgan fingerprint density at radius 1 is 1.48 bits per heavy atom. The summed E-state index contributed by atoms with van der Waals surface area (Å²) in [5.41, 5.74) is 6.20. The van der Waals surface area contributed by atoms with Crippen molar-refractivity contribution in [1.29, 1.82) is 0 Å². The predicted octanol–water partition coefficient (Wildman–Crippen LogP) is -0.560. The van der Waals surface area contributed by atoms with E-state index in [-0.39, 0.29) is 28.8 Å². The molecule has 2 aliphatic heterocycles. The molecule has 15 heteroatoms. The number of nitrogens with one attached hydrogen (secondary N) is 2. The number of nitrogens with zero attached hydrogens (tertiary/aromatic N) is 2. The number of rotatable bonds is 9. The molecule has 1 aromatic heterocycles. The number of amides is 1. The van der Waals surface area contributed by atoms with Gasteiger partial charge in [0.2, 0.25) is 6.61 Å². The zero-order valence-corrected chi connectivity index (χ0v) is 19.2. The lowest BCUT2D eigenvalue weighted by Crippen LogP contribution is -2.55. The predicted molar refractivity (Wildman–Crippen MR) is 117 cm³/mol. The lowest BCUT2D eigenvalue weighted by Gasteiger charge is -2.29. The minimum Gasteiger partial charge on any atom is -0.480 e. The van der Waals surface area contributed by atoms with Gasteiger partial charge in [-0.3, -0.25) is 4.79 Å². The second kappa shape index (κ2) is 10.5. The van der Waals surface area contributed by atoms with Crippen LogP contribution >= 0.6 is 23.1 Å². The maximum atomic E-state index is 12.9. The molecule has 0 bridgehead atoms. The Kier molecular flexibility index (Phi) is 7.75. The summed E-state index contributed by atoms with van der Waals surface area (Å²) in [5.74, 6) is -3.20. The molecule has 2 unspecified atom stereocenters. The molecule has 2 aliphatic rings. The van der Waals surface area contributed by atoms with Crippen LogP contribution in [-0.4, -0.2) is 76.1 Å². The van der Waals surface area contributed by atoms with Gasteiger partial charge >= 0.3 is 17.9 Å². The summed E-state index contributed by atoms with van der Waals surface area (Å²) in [7, 11) is 0. The van der Waals surface area contributed by atoms with Crippen LogP contribution in [0.3, 0.4) is 0 Å². The van der Waals surface area contributed by atoms with Crippen molar-refractivity contribution >= 4 is 57.8 Å². The molecule has 0 fully saturated rings. The molecule has 1 aromatic rings. The Hall–Kier alpha value is -3.33. The number of hydrogen-bond acceptors (Lipinski definition) is 13. The second-order valence-electron chi connectivity index (χ2n) is 6.70. The van der Waals surface area contributed by atoms with Gasteiger partial charge in [0.15, 0.2) is 16.9 Å². The third kappa shape index (κ3) is 5.73. The van der Waals surface area contributed by atoms with Gasteiger partial charge in [-0.05, 0) is 13.8 Å². The molecule has 0 aliphatic carbocycles. The van der Waals surface area contributed by atoms with Crippen LogP contribution in [0.1, 0.15) is 19.5 Å². The number of esters is 2. The largest absolute Gasteiger partial charge is 0.480 e. The third-order valence-electron chi connectivity index (χ3n) is 4.48. The summed E-state index contributed by atoms with van der Waals surface area (Å²) in [6, 6.07) is -1.45. The Labute approximate surface area is 195 Å². The molecule has 33 heavy (non-hydrogen) atoms. The molecule has 3 atom stereocenters. The Morgan fingerprint density at radius 3 is 2.88 bits per heavy atom. The number of carbonyl (C=O) groups excluding carboxylic acids is 3. The molecule has 13 nitrogen and oxygen atoms in total. The first-order chi connectivity index (χ1) is 15.7. The number of anilines is 1. The van der Waals surface area contributed by atoms with E-state index in [9.17, 15) is 24.3 Å². The van der Waals surface area contributed by atoms with Crippen LogP contribution in [0.2, 0.25) is 0 Å². The average molecular weight is 500 g/mol. The molecule has 0 saturated heterocycles. The minimum atomic E-state index is -1.45. The van der Waals surface area contributed by atoms with Crippen molar-refractivity contribution in [3.63, 3.8) is 0 Å². The van der Waals surface area contributed by atoms with Gasteiger partial charge in [-0.2, -0.15) is 0 Å². The molecule has 5 N–H and O–H groups in total. The summed E-state index contributed by atoms with van der Waals surface area (Å²) in [6.07, 6.45) is -0.406. The monoisotopic (exact) mass is 499 g/mol. The van der Waals surface area contributed by atoms with Gasteiger partial charge in [0.25, 0.3) is 5.91 Å². The first-order valence-corrected chi connectivity index (χ1v) is 11.6. The Morgan fingerprint density at radius 2 is 2.24 bits per heavy atom. The summed E-state index contributed by atoms with van der Waals surface area (Å²) in [6.45, 7) is 2.91. The fourth-order valence-corrected chi connectivity index (χ4v) is 4.80. The molecule has 178 valence electrons. The van der Waals surface area contributed by atoms with E-state index in [0.29, 0.717) is 5.75 Å². The highest BCUT2D eigenvalue weighted by Gasteiger charge is 2.41. The van der Waals surface area contributed by atoms with Crippen LogP contribution < -0.4 is 16.4 Å². The van der Waals surface area contributed by atoms with Crippen LogP contribution in [0.25, 0.3) is 0 Å². The number of nitrogen functional groups attached to an aromatic ring is 1. The highest BCUT2D eigenvalue weighted by Crippen LogP contribution is 2.32. The van der Waals surface area contributed by atoms with Crippen LogP contribution in [-0.2, 0) is 33.5 Å². The van der Waals surface area contributed by atoms with E-state index in [2.05, 4.69) is 20.8 Å². The van der Waals surface area contributed by atoms with Gasteiger partial charge in [0.1, 0.15) is 22.9 Å². The number of nitrogens with two attached hydrogens (primary N) is 1. The van der Waals surface area contributed by atoms with Crippen LogP contribution in [0, 0.1) is 0 Å². The van der Waals surface area contributed by atoms with Crippen LogP contribution in [0.5, 0.6) is 0 Å². The van der Waals surface area contributed by atoms with Gasteiger partial charge in [-0.25, -0.2) is 19.4 Å². The number of carboxylic acid groups (broad SMARTS) is 1. The van der Waals surface area contributed by atoms with Crippen LogP contribution in [0.15, 0.2) is 21.8 Å². The summed E-state index contributed by atoms with van der Waals surface area (Å²) in [4.78, 5) is 57.2. The van der Waals surface area contributed by atoms with E-state index in [1.165, 1.54) is 17.1 Å². The van der Waals surface area contributed by atoms with Gasteiger partial charge in [0.05, 0.1) is 6.61 Å². The molecule has 0 spiro atoms. The van der Waals surface area contributed by atoms with E-state index < -0.39 is 47.9 Å². The number of aliphatic carboxylic acids is 1. The van der Waals surface area contributed by atoms with Gasteiger partial charge in [-0.1, -0.05) is 5.16 Å². The lowest BCUT2D eigenvalue weighted by atomic mass is 10.1. The van der Waals surface area contributed by atoms with Gasteiger partial charge in [-0.15, -0.1) is 23.1 Å². The number of cyclic esters (lactones) is 1. The molecule has 0 radical (unpaired) electrons. The Balaban J connectivity index is 1.77. The van der Waals surface area contributed by atoms with Crippen molar-refractivity contribution in [3.05, 3.63) is 22.3 Å². The smallest absolute Gasteiger partial charge is 0.355 e. The molecule has 3 rings (SSSR count). The molecule has 0 saturated carbocycles. The fraction of sp³-hybridized carbons (Fsp3) is 0.444. The standard InChI is InChI=1S/C18H21N5O8S2/c1-3-29-10(24)4-30-23-12(9-6-33-18(19)20-9)14(25)21-13(16(26)27)15-22-11-8(5-32-15)7(2)31-17(11)28/h6-7,13,15,22H,3-5H2,1-2H3,(H2,19,20)(H,21,25)(H,26,27)/b23-12-/t7?,13?,15-/m1/s1. The lowest BCUT2D eigenvalue weighted by molar-refractivity contribution is -0.148.